The minimum absolute atomic E-state index is 0.00181. The Morgan fingerprint density at radius 1 is 1.30 bits per heavy atom. The molecular weight excluding hydrogens is 298 g/mol. The zero-order valence-electron chi connectivity index (χ0n) is 12.7. The fourth-order valence-corrected chi connectivity index (χ4v) is 2.02. The standard InChI is InChI=1S/C15H15N5O3/c1-3-20-9-8-11(19-20)13(21)16-15-18-17-14(23-15)10-6-4-5-7-12(10)22-2/h4-9H,3H2,1-2H3,(H,16,18,21). The van der Waals surface area contributed by atoms with Gasteiger partial charge in [-0.2, -0.15) is 5.10 Å². The summed E-state index contributed by atoms with van der Waals surface area (Å²) in [6, 6.07) is 8.87. The maximum Gasteiger partial charge on any atom is 0.322 e. The maximum atomic E-state index is 12.1. The quantitative estimate of drug-likeness (QED) is 0.776. The van der Waals surface area contributed by atoms with Gasteiger partial charge in [0.25, 0.3) is 11.8 Å². The summed E-state index contributed by atoms with van der Waals surface area (Å²) in [5.41, 5.74) is 0.933. The molecule has 0 saturated heterocycles. The maximum absolute atomic E-state index is 12.1. The Hall–Kier alpha value is -3.16. The normalized spacial score (nSPS) is 10.5. The monoisotopic (exact) mass is 313 g/mol. The highest BCUT2D eigenvalue weighted by atomic mass is 16.5. The summed E-state index contributed by atoms with van der Waals surface area (Å²) in [5, 5.41) is 14.4. The van der Waals surface area contributed by atoms with Crippen molar-refractivity contribution < 1.29 is 13.9 Å². The zero-order valence-corrected chi connectivity index (χ0v) is 12.7. The molecule has 0 radical (unpaired) electrons. The third-order valence-electron chi connectivity index (χ3n) is 3.18. The van der Waals surface area contributed by atoms with Gasteiger partial charge in [-0.25, -0.2) is 0 Å². The lowest BCUT2D eigenvalue weighted by Crippen LogP contribution is -2.13. The first-order valence-electron chi connectivity index (χ1n) is 7.03. The predicted octanol–water partition coefficient (Wildman–Crippen LogP) is 2.21. The van der Waals surface area contributed by atoms with Crippen LogP contribution in [0.1, 0.15) is 17.4 Å². The molecule has 1 aromatic carbocycles. The number of carbonyl (C=O) groups excluding carboxylic acids is 1. The zero-order chi connectivity index (χ0) is 16.2. The van der Waals surface area contributed by atoms with Crippen LogP contribution < -0.4 is 10.1 Å². The molecule has 0 atom stereocenters. The number of anilines is 1. The van der Waals surface area contributed by atoms with Gasteiger partial charge < -0.3 is 9.15 Å². The van der Waals surface area contributed by atoms with E-state index in [9.17, 15) is 4.79 Å². The number of nitrogens with zero attached hydrogens (tertiary/aromatic N) is 4. The Morgan fingerprint density at radius 2 is 2.13 bits per heavy atom. The summed E-state index contributed by atoms with van der Waals surface area (Å²) in [5.74, 6) is 0.458. The van der Waals surface area contributed by atoms with Crippen LogP contribution in [0.5, 0.6) is 5.75 Å². The summed E-state index contributed by atoms with van der Waals surface area (Å²) >= 11 is 0. The highest BCUT2D eigenvalue weighted by molar-refractivity contribution is 6.01. The smallest absolute Gasteiger partial charge is 0.322 e. The van der Waals surface area contributed by atoms with E-state index in [0.717, 1.165) is 0 Å². The van der Waals surface area contributed by atoms with Gasteiger partial charge in [0.2, 0.25) is 0 Å². The van der Waals surface area contributed by atoms with Crippen LogP contribution >= 0.6 is 0 Å². The summed E-state index contributed by atoms with van der Waals surface area (Å²) in [7, 11) is 1.56. The molecule has 1 N–H and O–H groups in total. The predicted molar refractivity (Wildman–Crippen MR) is 82.1 cm³/mol. The van der Waals surface area contributed by atoms with Crippen LogP contribution in [0.3, 0.4) is 0 Å². The van der Waals surface area contributed by atoms with Crippen molar-refractivity contribution in [3.05, 3.63) is 42.2 Å². The molecule has 23 heavy (non-hydrogen) atoms. The minimum atomic E-state index is -0.410. The first-order chi connectivity index (χ1) is 11.2. The first kappa shape index (κ1) is 14.8. The highest BCUT2D eigenvalue weighted by Gasteiger charge is 2.16. The van der Waals surface area contributed by atoms with Crippen molar-refractivity contribution in [2.24, 2.45) is 0 Å². The summed E-state index contributed by atoms with van der Waals surface area (Å²) in [4.78, 5) is 12.1. The van der Waals surface area contributed by atoms with Crippen LogP contribution in [0.25, 0.3) is 11.5 Å². The number of hydrogen-bond donors (Lipinski definition) is 1. The average Bonchev–Trinajstić information content (AvgIpc) is 3.24. The van der Waals surface area contributed by atoms with E-state index in [4.69, 9.17) is 9.15 Å². The molecule has 2 aromatic heterocycles. The lowest BCUT2D eigenvalue weighted by molar-refractivity contribution is 0.101. The molecule has 3 rings (SSSR count). The van der Waals surface area contributed by atoms with Gasteiger partial charge in [-0.15, -0.1) is 5.10 Å². The van der Waals surface area contributed by atoms with Crippen molar-refractivity contribution in [2.75, 3.05) is 12.4 Å². The van der Waals surface area contributed by atoms with Gasteiger partial charge in [0.05, 0.1) is 12.7 Å². The third-order valence-corrected chi connectivity index (χ3v) is 3.18. The van der Waals surface area contributed by atoms with E-state index >= 15 is 0 Å². The lowest BCUT2D eigenvalue weighted by atomic mass is 10.2. The second-order valence-electron chi connectivity index (χ2n) is 4.62. The van der Waals surface area contributed by atoms with Crippen molar-refractivity contribution in [1.29, 1.82) is 0 Å². The number of benzene rings is 1. The minimum Gasteiger partial charge on any atom is -0.496 e. The number of para-hydroxylation sites is 1. The molecule has 0 bridgehead atoms. The van der Waals surface area contributed by atoms with Gasteiger partial charge in [-0.1, -0.05) is 17.2 Å². The molecule has 0 unspecified atom stereocenters. The second kappa shape index (κ2) is 6.30. The molecule has 0 spiro atoms. The Morgan fingerprint density at radius 3 is 2.87 bits per heavy atom. The number of rotatable bonds is 5. The van der Waals surface area contributed by atoms with Crippen LogP contribution in [0, 0.1) is 0 Å². The topological polar surface area (TPSA) is 95.1 Å². The largest absolute Gasteiger partial charge is 0.496 e. The lowest BCUT2D eigenvalue weighted by Gasteiger charge is -2.03. The molecule has 0 aliphatic heterocycles. The van der Waals surface area contributed by atoms with Crippen molar-refractivity contribution in [2.45, 2.75) is 13.5 Å². The molecule has 2 heterocycles. The number of ether oxygens (including phenoxy) is 1. The van der Waals surface area contributed by atoms with Crippen molar-refractivity contribution >= 4 is 11.9 Å². The van der Waals surface area contributed by atoms with Crippen molar-refractivity contribution in [3.63, 3.8) is 0 Å². The van der Waals surface area contributed by atoms with E-state index in [1.54, 1.807) is 36.2 Å². The van der Waals surface area contributed by atoms with Gasteiger partial charge in [0.1, 0.15) is 5.75 Å². The molecule has 0 aliphatic rings. The van der Waals surface area contributed by atoms with E-state index in [1.165, 1.54) is 0 Å². The molecule has 118 valence electrons. The van der Waals surface area contributed by atoms with Gasteiger partial charge in [0.15, 0.2) is 5.69 Å². The SMILES string of the molecule is CCn1ccc(C(=O)Nc2nnc(-c3ccccc3OC)o2)n1. The van der Waals surface area contributed by atoms with E-state index in [1.807, 2.05) is 19.1 Å². The molecule has 0 saturated carbocycles. The number of methoxy groups -OCH3 is 1. The fraction of sp³-hybridized carbons (Fsp3) is 0.200. The molecular formula is C15H15N5O3. The molecule has 8 nitrogen and oxygen atoms in total. The number of amides is 1. The van der Waals surface area contributed by atoms with E-state index < -0.39 is 5.91 Å². The van der Waals surface area contributed by atoms with E-state index in [0.29, 0.717) is 17.9 Å². The number of aromatic nitrogens is 4. The van der Waals surface area contributed by atoms with Crippen LogP contribution in [-0.4, -0.2) is 33.0 Å². The number of carbonyl (C=O) groups is 1. The Bertz CT molecular complexity index is 824. The molecule has 0 fully saturated rings. The Balaban J connectivity index is 1.78. The highest BCUT2D eigenvalue weighted by Crippen LogP contribution is 2.29. The van der Waals surface area contributed by atoms with Crippen LogP contribution in [0.2, 0.25) is 0 Å². The van der Waals surface area contributed by atoms with E-state index in [2.05, 4.69) is 20.6 Å². The summed E-state index contributed by atoms with van der Waals surface area (Å²) in [6.45, 7) is 2.62. The van der Waals surface area contributed by atoms with Crippen LogP contribution in [-0.2, 0) is 6.54 Å². The molecule has 3 aromatic rings. The average molecular weight is 313 g/mol. The van der Waals surface area contributed by atoms with E-state index in [-0.39, 0.29) is 17.6 Å². The van der Waals surface area contributed by atoms with Gasteiger partial charge >= 0.3 is 6.01 Å². The van der Waals surface area contributed by atoms with Gasteiger partial charge in [-0.05, 0) is 25.1 Å². The second-order valence-corrected chi connectivity index (χ2v) is 4.62. The van der Waals surface area contributed by atoms with Crippen molar-refractivity contribution in [3.8, 4) is 17.2 Å². The van der Waals surface area contributed by atoms with Crippen LogP contribution in [0.4, 0.5) is 6.01 Å². The summed E-state index contributed by atoms with van der Waals surface area (Å²) < 4.78 is 12.4. The summed E-state index contributed by atoms with van der Waals surface area (Å²) in [6.07, 6.45) is 1.73. The molecule has 8 heteroatoms. The number of aryl methyl sites for hydroxylation is 1. The van der Waals surface area contributed by atoms with Crippen LogP contribution in [0.15, 0.2) is 40.9 Å². The molecule has 1 amide bonds. The fourth-order valence-electron chi connectivity index (χ4n) is 2.02. The Labute approximate surface area is 132 Å². The van der Waals surface area contributed by atoms with Crippen molar-refractivity contribution in [1.82, 2.24) is 20.0 Å². The number of nitrogens with one attached hydrogen (secondary N) is 1. The van der Waals surface area contributed by atoms with Gasteiger partial charge in [-0.3, -0.25) is 14.8 Å². The number of hydrogen-bond acceptors (Lipinski definition) is 6. The molecule has 0 aliphatic carbocycles. The third kappa shape index (κ3) is 3.05. The van der Waals surface area contributed by atoms with Gasteiger partial charge in [0, 0.05) is 12.7 Å². The first-order valence-corrected chi connectivity index (χ1v) is 7.03. The Kier molecular flexibility index (Phi) is 4.05.